The number of benzene rings is 1. The molecule has 8 heteroatoms. The number of hydrogen-bond donors (Lipinski definition) is 0. The van der Waals surface area contributed by atoms with E-state index in [0.29, 0.717) is 19.8 Å². The predicted octanol–water partition coefficient (Wildman–Crippen LogP) is 0.857. The van der Waals surface area contributed by atoms with Gasteiger partial charge in [-0.25, -0.2) is 4.79 Å². The third-order valence-electron chi connectivity index (χ3n) is 3.94. The number of hydrogen-bond acceptors (Lipinski definition) is 5. The van der Waals surface area contributed by atoms with E-state index in [2.05, 4.69) is 10.1 Å². The fourth-order valence-electron chi connectivity index (χ4n) is 2.59. The van der Waals surface area contributed by atoms with E-state index in [1.54, 1.807) is 11.2 Å². The predicted molar refractivity (Wildman–Crippen MR) is 87.9 cm³/mol. The van der Waals surface area contributed by atoms with Gasteiger partial charge in [0.1, 0.15) is 20.2 Å². The lowest BCUT2D eigenvalue weighted by atomic mass is 10.2. The van der Waals surface area contributed by atoms with Crippen LogP contribution in [0.5, 0.6) is 0 Å². The van der Waals surface area contributed by atoms with Crippen molar-refractivity contribution in [2.75, 3.05) is 33.4 Å². The van der Waals surface area contributed by atoms with Crippen molar-refractivity contribution in [3.05, 3.63) is 35.9 Å². The number of amides is 2. The molecule has 0 spiro atoms. The first kappa shape index (κ1) is 16.1. The number of piperazine rings is 1. The fraction of sp³-hybridized carbons (Fsp3) is 0.375. The van der Waals surface area contributed by atoms with Crippen LogP contribution in [-0.2, 0) is 16.1 Å². The van der Waals surface area contributed by atoms with Crippen molar-refractivity contribution < 1.29 is 18.9 Å². The Morgan fingerprint density at radius 1 is 1.29 bits per heavy atom. The number of quaternary nitrogens is 1. The number of nitrogens with zero attached hydrogens (tertiary/aromatic N) is 5. The Balaban J connectivity index is 1.49. The summed E-state index contributed by atoms with van der Waals surface area (Å²) in [5.41, 5.74) is 0.916. The lowest BCUT2D eigenvalue weighted by Gasteiger charge is -2.35. The average molecular weight is 330 g/mol. The topological polar surface area (TPSA) is 74.6 Å². The summed E-state index contributed by atoms with van der Waals surface area (Å²) in [4.78, 5) is 31.5. The maximum absolute atomic E-state index is 12.3. The van der Waals surface area contributed by atoms with Crippen LogP contribution in [0.2, 0.25) is 0 Å². The van der Waals surface area contributed by atoms with Gasteiger partial charge in [-0.2, -0.15) is 4.99 Å². The largest absolute Gasteiger partial charge is 0.445 e. The lowest BCUT2D eigenvalue weighted by Crippen LogP contribution is -2.57. The summed E-state index contributed by atoms with van der Waals surface area (Å²) >= 11 is 0. The summed E-state index contributed by atoms with van der Waals surface area (Å²) in [6.07, 6.45) is 2.68. The summed E-state index contributed by atoms with van der Waals surface area (Å²) in [5, 5.41) is 4.20. The van der Waals surface area contributed by atoms with E-state index < -0.39 is 6.09 Å². The number of aliphatic imine (C=N–C) groups is 1. The van der Waals surface area contributed by atoms with Crippen molar-refractivity contribution in [2.45, 2.75) is 6.61 Å². The highest BCUT2D eigenvalue weighted by atomic mass is 16.6. The van der Waals surface area contributed by atoms with Gasteiger partial charge in [0.25, 0.3) is 0 Å². The first-order valence-corrected chi connectivity index (χ1v) is 7.73. The van der Waals surface area contributed by atoms with Gasteiger partial charge in [0.15, 0.2) is 13.0 Å². The molecule has 0 N–H and O–H groups in total. The quantitative estimate of drug-likeness (QED) is 0.769. The molecule has 126 valence electrons. The Morgan fingerprint density at radius 2 is 2.08 bits per heavy atom. The third kappa shape index (κ3) is 3.77. The Morgan fingerprint density at radius 3 is 2.75 bits per heavy atom. The van der Waals surface area contributed by atoms with Crippen LogP contribution in [0.3, 0.4) is 0 Å². The van der Waals surface area contributed by atoms with Crippen molar-refractivity contribution in [1.29, 1.82) is 0 Å². The van der Waals surface area contributed by atoms with Crippen molar-refractivity contribution in [1.82, 2.24) is 9.80 Å². The highest BCUT2D eigenvalue weighted by molar-refractivity contribution is 5.83. The SMILES string of the molecule is C[N+]1(CN2CCN(C(=O)OCc3ccccc3)CC2=O)C=NC=N1. The molecule has 2 amide bonds. The van der Waals surface area contributed by atoms with Crippen LogP contribution in [0.4, 0.5) is 4.79 Å². The van der Waals surface area contributed by atoms with Gasteiger partial charge in [-0.3, -0.25) is 14.6 Å². The zero-order chi connectivity index (χ0) is 17.0. The maximum Gasteiger partial charge on any atom is 0.410 e. The van der Waals surface area contributed by atoms with E-state index >= 15 is 0 Å². The fourth-order valence-corrected chi connectivity index (χ4v) is 2.59. The molecule has 1 atom stereocenters. The molecule has 0 saturated carbocycles. The Labute approximate surface area is 140 Å². The minimum Gasteiger partial charge on any atom is -0.445 e. The van der Waals surface area contributed by atoms with Crippen molar-refractivity contribution in [3.8, 4) is 0 Å². The van der Waals surface area contributed by atoms with Gasteiger partial charge in [0.2, 0.25) is 12.2 Å². The van der Waals surface area contributed by atoms with Crippen molar-refractivity contribution in [3.63, 3.8) is 0 Å². The molecule has 0 radical (unpaired) electrons. The standard InChI is InChI=1S/C16H20N5O3/c1-21(12-17-11-18-21)13-20-8-7-19(9-15(20)22)16(23)24-10-14-5-3-2-4-6-14/h2-6,11-12H,7-10,13H2,1H3/q+1. The summed E-state index contributed by atoms with van der Waals surface area (Å²) in [6.45, 7) is 1.53. The Bertz CT molecular complexity index is 662. The summed E-state index contributed by atoms with van der Waals surface area (Å²) in [5.74, 6) is -0.118. The van der Waals surface area contributed by atoms with Crippen molar-refractivity contribution >= 4 is 24.7 Å². The molecule has 2 aliphatic heterocycles. The molecule has 1 fully saturated rings. The lowest BCUT2D eigenvalue weighted by molar-refractivity contribution is -0.828. The zero-order valence-corrected chi connectivity index (χ0v) is 13.5. The minimum absolute atomic E-state index is 0.0223. The van der Waals surface area contributed by atoms with Crippen LogP contribution in [-0.4, -0.2) is 72.4 Å². The molecular weight excluding hydrogens is 310 g/mol. The minimum atomic E-state index is -0.465. The number of rotatable bonds is 4. The van der Waals surface area contributed by atoms with Crippen LogP contribution in [0.1, 0.15) is 5.56 Å². The highest BCUT2D eigenvalue weighted by Crippen LogP contribution is 2.12. The highest BCUT2D eigenvalue weighted by Gasteiger charge is 2.34. The van der Waals surface area contributed by atoms with Crippen molar-refractivity contribution in [2.24, 2.45) is 10.1 Å². The zero-order valence-electron chi connectivity index (χ0n) is 13.5. The normalized spacial score (nSPS) is 23.0. The third-order valence-corrected chi connectivity index (χ3v) is 3.94. The van der Waals surface area contributed by atoms with Gasteiger partial charge in [-0.05, 0) is 5.56 Å². The van der Waals surface area contributed by atoms with Gasteiger partial charge in [-0.1, -0.05) is 35.4 Å². The molecule has 8 nitrogen and oxygen atoms in total. The molecule has 0 aromatic heterocycles. The van der Waals surface area contributed by atoms with Gasteiger partial charge in [0.05, 0.1) is 0 Å². The number of ether oxygens (including phenoxy) is 1. The molecule has 1 aromatic rings. The van der Waals surface area contributed by atoms with Crippen LogP contribution in [0, 0.1) is 0 Å². The second-order valence-corrected chi connectivity index (χ2v) is 5.97. The first-order chi connectivity index (χ1) is 11.6. The summed E-state index contributed by atoms with van der Waals surface area (Å²) < 4.78 is 5.48. The van der Waals surface area contributed by atoms with Crippen LogP contribution in [0.25, 0.3) is 0 Å². The maximum atomic E-state index is 12.3. The summed E-state index contributed by atoms with van der Waals surface area (Å²) in [6, 6.07) is 9.46. The molecule has 2 heterocycles. The second-order valence-electron chi connectivity index (χ2n) is 5.97. The average Bonchev–Trinajstić information content (AvgIpc) is 3.02. The van der Waals surface area contributed by atoms with Gasteiger partial charge >= 0.3 is 6.09 Å². The second kappa shape index (κ2) is 6.79. The van der Waals surface area contributed by atoms with E-state index in [9.17, 15) is 9.59 Å². The molecule has 0 bridgehead atoms. The number of carbonyl (C=O) groups excluding carboxylic acids is 2. The van der Waals surface area contributed by atoms with Gasteiger partial charge in [-0.15, -0.1) is 4.59 Å². The molecule has 0 aliphatic carbocycles. The molecule has 24 heavy (non-hydrogen) atoms. The number of carbonyl (C=O) groups is 2. The van der Waals surface area contributed by atoms with E-state index in [1.807, 2.05) is 37.4 Å². The monoisotopic (exact) mass is 330 g/mol. The molecule has 3 rings (SSSR count). The Hall–Kier alpha value is -2.74. The van der Waals surface area contributed by atoms with E-state index in [-0.39, 0.29) is 23.7 Å². The summed E-state index contributed by atoms with van der Waals surface area (Å²) in [7, 11) is 1.86. The van der Waals surface area contributed by atoms with Gasteiger partial charge < -0.3 is 4.74 Å². The van der Waals surface area contributed by atoms with Crippen LogP contribution < -0.4 is 0 Å². The molecule has 2 aliphatic rings. The first-order valence-electron chi connectivity index (χ1n) is 7.73. The van der Waals surface area contributed by atoms with E-state index in [4.69, 9.17) is 4.74 Å². The van der Waals surface area contributed by atoms with E-state index in [1.165, 1.54) is 11.2 Å². The molecule has 1 unspecified atom stereocenters. The van der Waals surface area contributed by atoms with Crippen LogP contribution >= 0.6 is 0 Å². The van der Waals surface area contributed by atoms with E-state index in [0.717, 1.165) is 5.56 Å². The van der Waals surface area contributed by atoms with Gasteiger partial charge in [0, 0.05) is 13.1 Å². The molecule has 1 saturated heterocycles. The smallest absolute Gasteiger partial charge is 0.410 e. The van der Waals surface area contributed by atoms with Crippen LogP contribution in [0.15, 0.2) is 40.4 Å². The molecule has 1 aromatic carbocycles. The molecular formula is C16H20N5O3+. The Kier molecular flexibility index (Phi) is 4.57.